The molecule has 0 aromatic heterocycles. The number of benzene rings is 2. The van der Waals surface area contributed by atoms with Crippen molar-refractivity contribution < 1.29 is 19.1 Å². The summed E-state index contributed by atoms with van der Waals surface area (Å²) in [6.07, 6.45) is 0. The van der Waals surface area contributed by atoms with E-state index in [2.05, 4.69) is 16.7 Å². The lowest BCUT2D eigenvalue weighted by Gasteiger charge is -2.31. The fraction of sp³-hybridized carbons (Fsp3) is 0.280. The van der Waals surface area contributed by atoms with Crippen molar-refractivity contribution in [2.45, 2.75) is 26.7 Å². The van der Waals surface area contributed by atoms with Crippen LogP contribution in [-0.4, -0.2) is 30.6 Å². The third-order valence-electron chi connectivity index (χ3n) is 5.50. The molecule has 0 saturated heterocycles. The highest BCUT2D eigenvalue weighted by atomic mass is 35.5. The summed E-state index contributed by atoms with van der Waals surface area (Å²) in [5, 5.41) is 16.2. The van der Waals surface area contributed by atoms with Gasteiger partial charge >= 0.3 is 5.97 Å². The van der Waals surface area contributed by atoms with Crippen molar-refractivity contribution in [3.05, 3.63) is 74.3 Å². The number of hydrogen-bond acceptors (Lipinski definition) is 6. The van der Waals surface area contributed by atoms with Gasteiger partial charge in [0.25, 0.3) is 0 Å². The van der Waals surface area contributed by atoms with Gasteiger partial charge in [0.2, 0.25) is 11.8 Å². The SMILES string of the molecule is COC(=O)[C@H]1C(=O)NC(SCC(=O)Nc2c(C)cc(C)cc2C)=C(C#N)[C@@H]1c1ccc(Cl)cc1. The number of halogens is 1. The highest BCUT2D eigenvalue weighted by Gasteiger charge is 2.44. The van der Waals surface area contributed by atoms with Crippen molar-refractivity contribution >= 4 is 46.8 Å². The van der Waals surface area contributed by atoms with Gasteiger partial charge in [0.1, 0.15) is 5.92 Å². The third-order valence-corrected chi connectivity index (χ3v) is 6.77. The zero-order valence-electron chi connectivity index (χ0n) is 19.2. The molecular weight excluding hydrogens is 474 g/mol. The quantitative estimate of drug-likeness (QED) is 0.453. The molecule has 7 nitrogen and oxygen atoms in total. The van der Waals surface area contributed by atoms with Gasteiger partial charge in [-0.2, -0.15) is 5.26 Å². The van der Waals surface area contributed by atoms with E-state index in [0.29, 0.717) is 10.6 Å². The topological polar surface area (TPSA) is 108 Å². The molecule has 0 bridgehead atoms. The van der Waals surface area contributed by atoms with Crippen LogP contribution in [0.1, 0.15) is 28.2 Å². The summed E-state index contributed by atoms with van der Waals surface area (Å²) in [7, 11) is 1.19. The van der Waals surface area contributed by atoms with E-state index >= 15 is 0 Å². The second-order valence-corrected chi connectivity index (χ2v) is 9.41. The molecule has 1 aliphatic heterocycles. The Kier molecular flexibility index (Phi) is 8.02. The first-order chi connectivity index (χ1) is 16.2. The van der Waals surface area contributed by atoms with Crippen molar-refractivity contribution in [2.75, 3.05) is 18.2 Å². The molecule has 1 aliphatic rings. The van der Waals surface area contributed by atoms with Gasteiger partial charge in [0.05, 0.1) is 29.5 Å². The van der Waals surface area contributed by atoms with Crippen LogP contribution in [-0.2, 0) is 19.1 Å². The largest absolute Gasteiger partial charge is 0.468 e. The molecule has 0 unspecified atom stereocenters. The fourth-order valence-electron chi connectivity index (χ4n) is 4.04. The number of esters is 1. The Morgan fingerprint density at radius 2 is 1.79 bits per heavy atom. The minimum atomic E-state index is -1.24. The van der Waals surface area contributed by atoms with Gasteiger partial charge in [-0.05, 0) is 49.6 Å². The van der Waals surface area contributed by atoms with Crippen LogP contribution in [0.5, 0.6) is 0 Å². The number of nitrogens with one attached hydrogen (secondary N) is 2. The molecule has 1 heterocycles. The Bertz CT molecular complexity index is 1190. The average Bonchev–Trinajstić information content (AvgIpc) is 2.79. The number of ether oxygens (including phenoxy) is 1. The number of thioether (sulfide) groups is 1. The van der Waals surface area contributed by atoms with Crippen LogP contribution in [0.15, 0.2) is 47.0 Å². The maximum Gasteiger partial charge on any atom is 0.319 e. The number of anilines is 1. The van der Waals surface area contributed by atoms with Crippen LogP contribution in [0.25, 0.3) is 0 Å². The summed E-state index contributed by atoms with van der Waals surface area (Å²) in [6.45, 7) is 5.83. The molecule has 0 fully saturated rings. The van der Waals surface area contributed by atoms with E-state index in [-0.39, 0.29) is 22.3 Å². The van der Waals surface area contributed by atoms with Crippen LogP contribution in [0.2, 0.25) is 5.02 Å². The van der Waals surface area contributed by atoms with Crippen molar-refractivity contribution in [1.29, 1.82) is 5.26 Å². The molecule has 34 heavy (non-hydrogen) atoms. The van der Waals surface area contributed by atoms with Gasteiger partial charge < -0.3 is 15.4 Å². The minimum absolute atomic E-state index is 0.0379. The number of hydrogen-bond donors (Lipinski definition) is 2. The van der Waals surface area contributed by atoms with Crippen LogP contribution in [0.3, 0.4) is 0 Å². The molecule has 0 radical (unpaired) electrons. The Morgan fingerprint density at radius 3 is 2.35 bits per heavy atom. The molecule has 2 amide bonds. The summed E-state index contributed by atoms with van der Waals surface area (Å²) in [6, 6.07) is 12.7. The van der Waals surface area contributed by atoms with E-state index in [4.69, 9.17) is 16.3 Å². The number of carbonyl (C=O) groups excluding carboxylic acids is 3. The first-order valence-electron chi connectivity index (χ1n) is 10.4. The highest BCUT2D eigenvalue weighted by Crippen LogP contribution is 2.40. The Balaban J connectivity index is 1.89. The Morgan fingerprint density at radius 1 is 1.18 bits per heavy atom. The molecule has 0 aliphatic carbocycles. The number of nitrogens with zero attached hydrogens (tertiary/aromatic N) is 1. The Hall–Kier alpha value is -3.28. The number of allylic oxidation sites excluding steroid dienone is 1. The third kappa shape index (κ3) is 5.44. The van der Waals surface area contributed by atoms with Crippen LogP contribution in [0.4, 0.5) is 5.69 Å². The fourth-order valence-corrected chi connectivity index (χ4v) is 5.01. The molecule has 2 aromatic carbocycles. The molecule has 176 valence electrons. The van der Waals surface area contributed by atoms with E-state index in [1.165, 1.54) is 7.11 Å². The first kappa shape index (κ1) is 25.3. The number of methoxy groups -OCH3 is 1. The summed E-state index contributed by atoms with van der Waals surface area (Å²) in [5.41, 5.74) is 4.48. The zero-order valence-corrected chi connectivity index (χ0v) is 20.8. The molecule has 3 rings (SSSR count). The lowest BCUT2D eigenvalue weighted by molar-refractivity contribution is -0.150. The van der Waals surface area contributed by atoms with Gasteiger partial charge in [0.15, 0.2) is 0 Å². The van der Waals surface area contributed by atoms with Crippen LogP contribution < -0.4 is 10.6 Å². The lowest BCUT2D eigenvalue weighted by atomic mass is 9.78. The highest BCUT2D eigenvalue weighted by molar-refractivity contribution is 8.03. The van der Waals surface area contributed by atoms with Gasteiger partial charge in [-0.3, -0.25) is 14.4 Å². The first-order valence-corrected chi connectivity index (χ1v) is 11.8. The number of nitriles is 1. The van der Waals surface area contributed by atoms with Crippen molar-refractivity contribution in [2.24, 2.45) is 5.92 Å². The zero-order chi connectivity index (χ0) is 25.0. The second kappa shape index (κ2) is 10.8. The van der Waals surface area contributed by atoms with E-state index in [1.54, 1.807) is 24.3 Å². The minimum Gasteiger partial charge on any atom is -0.468 e. The summed E-state index contributed by atoms with van der Waals surface area (Å²) < 4.78 is 4.83. The van der Waals surface area contributed by atoms with E-state index in [9.17, 15) is 19.6 Å². The molecule has 0 spiro atoms. The van der Waals surface area contributed by atoms with E-state index < -0.39 is 23.7 Å². The molecular formula is C25H24ClN3O4S. The predicted molar refractivity (Wildman–Crippen MR) is 132 cm³/mol. The van der Waals surface area contributed by atoms with Crippen molar-refractivity contribution in [3.8, 4) is 6.07 Å². The standard InChI is InChI=1S/C25H24ClN3O4S/c1-13-9-14(2)22(15(3)10-13)28-19(30)12-34-24-18(11-27)20(16-5-7-17(26)8-6-16)21(23(31)29-24)25(32)33-4/h5-10,20-21H,12H2,1-4H3,(H,28,30)(H,29,31)/t20-,21+/m0/s1. The van der Waals surface area contributed by atoms with Gasteiger partial charge in [-0.25, -0.2) is 0 Å². The van der Waals surface area contributed by atoms with E-state index in [1.807, 2.05) is 32.9 Å². The normalized spacial score (nSPS) is 17.6. The van der Waals surface area contributed by atoms with Gasteiger partial charge in [-0.1, -0.05) is 53.2 Å². The summed E-state index contributed by atoms with van der Waals surface area (Å²) in [5.74, 6) is -3.77. The van der Waals surface area contributed by atoms with Crippen molar-refractivity contribution in [1.82, 2.24) is 5.32 Å². The number of rotatable bonds is 6. The van der Waals surface area contributed by atoms with Gasteiger partial charge in [-0.15, -0.1) is 0 Å². The molecule has 2 atom stereocenters. The van der Waals surface area contributed by atoms with Crippen molar-refractivity contribution in [3.63, 3.8) is 0 Å². The number of carbonyl (C=O) groups is 3. The lowest BCUT2D eigenvalue weighted by Crippen LogP contribution is -2.44. The predicted octanol–water partition coefficient (Wildman–Crippen LogP) is 4.37. The van der Waals surface area contributed by atoms with Crippen LogP contribution >= 0.6 is 23.4 Å². The van der Waals surface area contributed by atoms with E-state index in [0.717, 1.165) is 34.1 Å². The Labute approximate surface area is 207 Å². The summed E-state index contributed by atoms with van der Waals surface area (Å²) >= 11 is 7.02. The molecule has 9 heteroatoms. The maximum atomic E-state index is 12.9. The monoisotopic (exact) mass is 497 g/mol. The molecule has 2 N–H and O–H groups in total. The molecule has 2 aromatic rings. The summed E-state index contributed by atoms with van der Waals surface area (Å²) in [4.78, 5) is 38.0. The van der Waals surface area contributed by atoms with Gasteiger partial charge in [0, 0.05) is 16.6 Å². The smallest absolute Gasteiger partial charge is 0.319 e. The molecule has 0 saturated carbocycles. The average molecular weight is 498 g/mol. The second-order valence-electron chi connectivity index (χ2n) is 7.98. The maximum absolute atomic E-state index is 12.9. The van der Waals surface area contributed by atoms with Crippen LogP contribution in [0, 0.1) is 38.0 Å². The number of aryl methyl sites for hydroxylation is 3. The number of amides is 2.